The normalized spacial score (nSPS) is 15.1. The highest BCUT2D eigenvalue weighted by molar-refractivity contribution is 6.04. The van der Waals surface area contributed by atoms with E-state index in [1.807, 2.05) is 36.1 Å². The van der Waals surface area contributed by atoms with Crippen molar-refractivity contribution in [2.24, 2.45) is 5.92 Å². The van der Waals surface area contributed by atoms with E-state index in [0.29, 0.717) is 17.0 Å². The Hall–Kier alpha value is -3.41. The summed E-state index contributed by atoms with van der Waals surface area (Å²) >= 11 is 0. The van der Waals surface area contributed by atoms with Crippen molar-refractivity contribution in [1.82, 2.24) is 19.4 Å². The standard InChI is InChI=1S/C25H26N4O2/c1-17-7-8-21-20(13-17)23-24(27-21)25(31)29(16-26-23)15-22(30)28-11-9-19(10-12-28)14-18-5-3-2-4-6-18/h2-8,13,16,19,27H,9-12,14-15H2,1H3. The van der Waals surface area contributed by atoms with Gasteiger partial charge in [-0.05, 0) is 49.8 Å². The predicted molar refractivity (Wildman–Crippen MR) is 122 cm³/mol. The third-order valence-corrected chi connectivity index (χ3v) is 6.37. The Balaban J connectivity index is 1.28. The van der Waals surface area contributed by atoms with Crippen LogP contribution in [0.1, 0.15) is 24.0 Å². The summed E-state index contributed by atoms with van der Waals surface area (Å²) in [6.45, 7) is 3.53. The smallest absolute Gasteiger partial charge is 0.278 e. The number of hydrogen-bond acceptors (Lipinski definition) is 3. The highest BCUT2D eigenvalue weighted by atomic mass is 16.2. The SMILES string of the molecule is Cc1ccc2[nH]c3c(=O)n(CC(=O)N4CCC(Cc5ccccc5)CC4)cnc3c2c1. The number of fused-ring (bicyclic) bond motifs is 3. The number of benzene rings is 2. The Kier molecular flexibility index (Phi) is 5.06. The molecule has 1 aliphatic rings. The zero-order chi connectivity index (χ0) is 21.4. The minimum Gasteiger partial charge on any atom is -0.349 e. The molecule has 1 N–H and O–H groups in total. The van der Waals surface area contributed by atoms with Gasteiger partial charge >= 0.3 is 0 Å². The summed E-state index contributed by atoms with van der Waals surface area (Å²) in [4.78, 5) is 35.4. The minimum atomic E-state index is -0.203. The molecule has 3 heterocycles. The molecule has 1 amide bonds. The fourth-order valence-electron chi connectivity index (χ4n) is 4.60. The van der Waals surface area contributed by atoms with E-state index in [1.54, 1.807) is 0 Å². The first-order valence-corrected chi connectivity index (χ1v) is 10.9. The van der Waals surface area contributed by atoms with Crippen molar-refractivity contribution in [3.05, 3.63) is 76.3 Å². The van der Waals surface area contributed by atoms with E-state index < -0.39 is 0 Å². The van der Waals surface area contributed by atoms with Gasteiger partial charge in [0.1, 0.15) is 17.6 Å². The number of carbonyl (C=O) groups is 1. The predicted octanol–water partition coefficient (Wildman–Crippen LogP) is 3.67. The van der Waals surface area contributed by atoms with E-state index in [1.165, 1.54) is 16.5 Å². The molecule has 1 fully saturated rings. The van der Waals surface area contributed by atoms with Crippen LogP contribution in [0.2, 0.25) is 0 Å². The van der Waals surface area contributed by atoms with Crippen LogP contribution in [-0.2, 0) is 17.8 Å². The van der Waals surface area contributed by atoms with E-state index in [4.69, 9.17) is 0 Å². The molecular weight excluding hydrogens is 388 g/mol. The van der Waals surface area contributed by atoms with Gasteiger partial charge in [-0.25, -0.2) is 4.98 Å². The van der Waals surface area contributed by atoms with E-state index in [-0.39, 0.29) is 18.0 Å². The highest BCUT2D eigenvalue weighted by Crippen LogP contribution is 2.23. The van der Waals surface area contributed by atoms with Gasteiger partial charge in [-0.3, -0.25) is 14.2 Å². The molecule has 6 nitrogen and oxygen atoms in total. The van der Waals surface area contributed by atoms with Crippen LogP contribution < -0.4 is 5.56 Å². The molecule has 6 heteroatoms. The molecule has 1 aliphatic heterocycles. The molecule has 0 spiro atoms. The highest BCUT2D eigenvalue weighted by Gasteiger charge is 2.23. The third-order valence-electron chi connectivity index (χ3n) is 6.37. The van der Waals surface area contributed by atoms with Gasteiger partial charge in [-0.2, -0.15) is 0 Å². The first-order valence-electron chi connectivity index (χ1n) is 10.9. The molecular formula is C25H26N4O2. The van der Waals surface area contributed by atoms with Crippen molar-refractivity contribution in [2.45, 2.75) is 32.7 Å². The molecule has 5 rings (SSSR count). The molecule has 0 radical (unpaired) electrons. The lowest BCUT2D eigenvalue weighted by atomic mass is 9.90. The van der Waals surface area contributed by atoms with Gasteiger partial charge in [0.2, 0.25) is 5.91 Å². The Morgan fingerprint density at radius 1 is 1.13 bits per heavy atom. The molecule has 2 aromatic heterocycles. The number of aromatic amines is 1. The fourth-order valence-corrected chi connectivity index (χ4v) is 4.60. The average Bonchev–Trinajstić information content (AvgIpc) is 3.15. The summed E-state index contributed by atoms with van der Waals surface area (Å²) in [5.74, 6) is 0.579. The number of nitrogens with one attached hydrogen (secondary N) is 1. The van der Waals surface area contributed by atoms with Gasteiger partial charge in [-0.15, -0.1) is 0 Å². The second-order valence-corrected chi connectivity index (χ2v) is 8.59. The van der Waals surface area contributed by atoms with Gasteiger partial charge in [-0.1, -0.05) is 42.0 Å². The van der Waals surface area contributed by atoms with Gasteiger partial charge in [0.25, 0.3) is 5.56 Å². The Morgan fingerprint density at radius 3 is 2.68 bits per heavy atom. The summed E-state index contributed by atoms with van der Waals surface area (Å²) in [5, 5.41) is 0.936. The van der Waals surface area contributed by atoms with Crippen LogP contribution >= 0.6 is 0 Å². The topological polar surface area (TPSA) is 71.0 Å². The summed E-state index contributed by atoms with van der Waals surface area (Å²) in [5.41, 5.74) is 4.27. The van der Waals surface area contributed by atoms with Crippen LogP contribution in [0, 0.1) is 12.8 Å². The monoisotopic (exact) mass is 414 g/mol. The van der Waals surface area contributed by atoms with Gasteiger partial charge in [0.15, 0.2) is 0 Å². The summed E-state index contributed by atoms with van der Waals surface area (Å²) in [6.07, 6.45) is 4.55. The summed E-state index contributed by atoms with van der Waals surface area (Å²) < 4.78 is 1.42. The number of likely N-dealkylation sites (tertiary alicyclic amines) is 1. The molecule has 31 heavy (non-hydrogen) atoms. The maximum absolute atomic E-state index is 13.0. The zero-order valence-corrected chi connectivity index (χ0v) is 17.7. The van der Waals surface area contributed by atoms with Crippen LogP contribution in [0.5, 0.6) is 0 Å². The number of H-pyrrole nitrogens is 1. The molecule has 0 bridgehead atoms. The van der Waals surface area contributed by atoms with Crippen LogP contribution in [0.3, 0.4) is 0 Å². The maximum Gasteiger partial charge on any atom is 0.278 e. The lowest BCUT2D eigenvalue weighted by Gasteiger charge is -2.32. The molecule has 0 unspecified atom stereocenters. The lowest BCUT2D eigenvalue weighted by Crippen LogP contribution is -2.42. The number of nitrogens with zero attached hydrogens (tertiary/aromatic N) is 3. The number of piperidine rings is 1. The van der Waals surface area contributed by atoms with Gasteiger partial charge in [0, 0.05) is 24.0 Å². The maximum atomic E-state index is 13.0. The van der Waals surface area contributed by atoms with Gasteiger partial charge in [0.05, 0.1) is 6.33 Å². The number of hydrogen-bond donors (Lipinski definition) is 1. The van der Waals surface area contributed by atoms with E-state index >= 15 is 0 Å². The van der Waals surface area contributed by atoms with Crippen molar-refractivity contribution in [3.63, 3.8) is 0 Å². The number of aromatic nitrogens is 3. The van der Waals surface area contributed by atoms with Crippen molar-refractivity contribution in [1.29, 1.82) is 0 Å². The van der Waals surface area contributed by atoms with Crippen molar-refractivity contribution < 1.29 is 4.79 Å². The molecule has 1 saturated heterocycles. The van der Waals surface area contributed by atoms with E-state index in [2.05, 4.69) is 34.2 Å². The minimum absolute atomic E-state index is 0.0200. The van der Waals surface area contributed by atoms with Crippen LogP contribution in [0.25, 0.3) is 21.9 Å². The average molecular weight is 415 g/mol. The Bertz CT molecular complexity index is 1300. The Morgan fingerprint density at radius 2 is 1.90 bits per heavy atom. The van der Waals surface area contributed by atoms with Crippen LogP contribution in [0.15, 0.2) is 59.7 Å². The van der Waals surface area contributed by atoms with E-state index in [0.717, 1.165) is 48.8 Å². The number of rotatable bonds is 4. The summed E-state index contributed by atoms with van der Waals surface area (Å²) in [6, 6.07) is 16.5. The number of amides is 1. The van der Waals surface area contributed by atoms with Crippen molar-refractivity contribution >= 4 is 27.8 Å². The molecule has 158 valence electrons. The lowest BCUT2D eigenvalue weighted by molar-refractivity contribution is -0.133. The van der Waals surface area contributed by atoms with Gasteiger partial charge < -0.3 is 9.88 Å². The number of aryl methyl sites for hydroxylation is 1. The van der Waals surface area contributed by atoms with Crippen LogP contribution in [-0.4, -0.2) is 38.4 Å². The fraction of sp³-hybridized carbons (Fsp3) is 0.320. The first-order chi connectivity index (χ1) is 15.1. The molecule has 0 atom stereocenters. The number of carbonyl (C=O) groups excluding carboxylic acids is 1. The first kappa shape index (κ1) is 19.5. The second kappa shape index (κ2) is 8.02. The molecule has 0 aliphatic carbocycles. The quantitative estimate of drug-likeness (QED) is 0.554. The van der Waals surface area contributed by atoms with Crippen LogP contribution in [0.4, 0.5) is 0 Å². The van der Waals surface area contributed by atoms with Crippen molar-refractivity contribution in [3.8, 4) is 0 Å². The second-order valence-electron chi connectivity index (χ2n) is 8.59. The Labute approximate surface area is 180 Å². The third kappa shape index (κ3) is 3.85. The van der Waals surface area contributed by atoms with Crippen molar-refractivity contribution in [2.75, 3.05) is 13.1 Å². The molecule has 4 aromatic rings. The molecule has 0 saturated carbocycles. The molecule has 2 aromatic carbocycles. The van der Waals surface area contributed by atoms with E-state index in [9.17, 15) is 9.59 Å². The zero-order valence-electron chi connectivity index (χ0n) is 17.7. The summed E-state index contributed by atoms with van der Waals surface area (Å²) in [7, 11) is 0. The largest absolute Gasteiger partial charge is 0.349 e.